The Labute approximate surface area is 231 Å². The molecule has 3 nitrogen and oxygen atoms in total. The number of hydrogen-bond donors (Lipinski definition) is 3. The van der Waals surface area contributed by atoms with E-state index in [-0.39, 0.29) is 22.7 Å². The van der Waals surface area contributed by atoms with Crippen LogP contribution in [0.15, 0.2) is 36.4 Å². The van der Waals surface area contributed by atoms with Crippen LogP contribution in [-0.2, 0) is 10.8 Å². The highest BCUT2D eigenvalue weighted by molar-refractivity contribution is 5.54. The number of rotatable bonds is 3. The van der Waals surface area contributed by atoms with Gasteiger partial charge in [0, 0.05) is 17.0 Å². The third-order valence-corrected chi connectivity index (χ3v) is 7.16. The highest BCUT2D eigenvalue weighted by Crippen LogP contribution is 2.43. The average molecular weight is 519 g/mol. The van der Waals surface area contributed by atoms with Crippen LogP contribution in [0, 0.1) is 40.5 Å². The summed E-state index contributed by atoms with van der Waals surface area (Å²) in [6.07, 6.45) is 0. The standard InChI is InChI=1S/C20H26O2.C15H24O/c1-11(2)18(16-9-12(3)7-14(5)19(16)21)17-10-13(4)8-15(6)20(17)22;1-10-8-11(14(2,3)4)13(16)12(9-10)15(5,6)7/h7-11,18,21-22H,1-6H3;8-9,16H,1-7H3. The summed E-state index contributed by atoms with van der Waals surface area (Å²) in [5.74, 6) is 1.37. The number of aryl methyl sites for hydroxylation is 5. The van der Waals surface area contributed by atoms with Gasteiger partial charge < -0.3 is 15.3 Å². The molecule has 0 saturated heterocycles. The maximum atomic E-state index is 10.6. The number of phenolic OH excluding ortho intramolecular Hbond substituents is 3. The monoisotopic (exact) mass is 518 g/mol. The highest BCUT2D eigenvalue weighted by atomic mass is 16.3. The summed E-state index contributed by atoms with van der Waals surface area (Å²) in [5, 5.41) is 31.5. The van der Waals surface area contributed by atoms with Gasteiger partial charge in [-0.1, -0.05) is 108 Å². The quantitative estimate of drug-likeness (QED) is 0.323. The molecule has 3 rings (SSSR count). The summed E-state index contributed by atoms with van der Waals surface area (Å²) < 4.78 is 0. The summed E-state index contributed by atoms with van der Waals surface area (Å²) in [6, 6.07) is 12.2. The molecule has 3 N–H and O–H groups in total. The van der Waals surface area contributed by atoms with Gasteiger partial charge in [0.1, 0.15) is 17.2 Å². The summed E-state index contributed by atoms with van der Waals surface area (Å²) in [7, 11) is 0. The summed E-state index contributed by atoms with van der Waals surface area (Å²) >= 11 is 0. The molecule has 38 heavy (non-hydrogen) atoms. The van der Waals surface area contributed by atoms with E-state index in [1.807, 2.05) is 52.0 Å². The van der Waals surface area contributed by atoms with Crippen LogP contribution in [0.5, 0.6) is 17.2 Å². The molecule has 0 fully saturated rings. The molecule has 0 saturated carbocycles. The second-order valence-corrected chi connectivity index (χ2v) is 13.5. The molecule has 0 aliphatic heterocycles. The molecule has 0 aromatic heterocycles. The lowest BCUT2D eigenvalue weighted by atomic mass is 9.78. The largest absolute Gasteiger partial charge is 0.507 e. The van der Waals surface area contributed by atoms with Gasteiger partial charge in [0.05, 0.1) is 0 Å². The first-order valence-corrected chi connectivity index (χ1v) is 13.7. The Kier molecular flexibility index (Phi) is 9.41. The predicted molar refractivity (Wildman–Crippen MR) is 162 cm³/mol. The first kappa shape index (κ1) is 31.3. The molecular weight excluding hydrogens is 468 g/mol. The van der Waals surface area contributed by atoms with Crippen molar-refractivity contribution in [2.45, 2.75) is 107 Å². The smallest absolute Gasteiger partial charge is 0.123 e. The van der Waals surface area contributed by atoms with Gasteiger partial charge in [-0.2, -0.15) is 0 Å². The number of aromatic hydroxyl groups is 3. The van der Waals surface area contributed by atoms with Gasteiger partial charge >= 0.3 is 0 Å². The zero-order chi connectivity index (χ0) is 29.3. The maximum Gasteiger partial charge on any atom is 0.123 e. The summed E-state index contributed by atoms with van der Waals surface area (Å²) in [6.45, 7) is 27.0. The van der Waals surface area contributed by atoms with Crippen molar-refractivity contribution in [3.63, 3.8) is 0 Å². The van der Waals surface area contributed by atoms with Crippen LogP contribution in [0.4, 0.5) is 0 Å². The van der Waals surface area contributed by atoms with E-state index in [0.717, 1.165) is 44.5 Å². The Balaban J connectivity index is 0.000000281. The van der Waals surface area contributed by atoms with Gasteiger partial charge in [0.15, 0.2) is 0 Å². The van der Waals surface area contributed by atoms with E-state index in [0.29, 0.717) is 17.2 Å². The van der Waals surface area contributed by atoms with Gasteiger partial charge in [-0.15, -0.1) is 0 Å². The molecule has 0 spiro atoms. The molecule has 3 aromatic rings. The lowest BCUT2D eigenvalue weighted by Gasteiger charge is -2.27. The predicted octanol–water partition coefficient (Wildman–Crippen LogP) is 9.42. The van der Waals surface area contributed by atoms with Crippen molar-refractivity contribution >= 4 is 0 Å². The second-order valence-electron chi connectivity index (χ2n) is 13.5. The third-order valence-electron chi connectivity index (χ3n) is 7.16. The molecular formula is C35H50O3. The SMILES string of the molecule is Cc1cc(C(C)(C)C)c(O)c(C(C)(C)C)c1.Cc1cc(C)c(O)c(C(c2cc(C)cc(C)c2O)C(C)C)c1. The lowest BCUT2D eigenvalue weighted by Crippen LogP contribution is -2.17. The minimum atomic E-state index is -0.0304. The van der Waals surface area contributed by atoms with E-state index in [2.05, 4.69) is 74.4 Å². The van der Waals surface area contributed by atoms with Crippen LogP contribution in [0.2, 0.25) is 0 Å². The van der Waals surface area contributed by atoms with Crippen molar-refractivity contribution in [3.05, 3.63) is 86.5 Å². The normalized spacial score (nSPS) is 12.1. The Bertz CT molecular complexity index is 1190. The Morgan fingerprint density at radius 1 is 0.500 bits per heavy atom. The minimum Gasteiger partial charge on any atom is -0.507 e. The van der Waals surface area contributed by atoms with Crippen molar-refractivity contribution < 1.29 is 15.3 Å². The number of benzene rings is 3. The summed E-state index contributed by atoms with van der Waals surface area (Å²) in [4.78, 5) is 0. The molecule has 3 heteroatoms. The van der Waals surface area contributed by atoms with Crippen LogP contribution in [0.25, 0.3) is 0 Å². The molecule has 0 heterocycles. The van der Waals surface area contributed by atoms with Crippen molar-refractivity contribution in [3.8, 4) is 17.2 Å². The van der Waals surface area contributed by atoms with E-state index in [9.17, 15) is 15.3 Å². The Morgan fingerprint density at radius 3 is 1.11 bits per heavy atom. The molecule has 0 bridgehead atoms. The van der Waals surface area contributed by atoms with E-state index < -0.39 is 0 Å². The van der Waals surface area contributed by atoms with E-state index >= 15 is 0 Å². The number of hydrogen-bond acceptors (Lipinski definition) is 3. The lowest BCUT2D eigenvalue weighted by molar-refractivity contribution is 0.423. The zero-order valence-corrected chi connectivity index (χ0v) is 26.0. The van der Waals surface area contributed by atoms with Crippen LogP contribution < -0.4 is 0 Å². The van der Waals surface area contributed by atoms with Crippen molar-refractivity contribution in [1.29, 1.82) is 0 Å². The van der Waals surface area contributed by atoms with Crippen LogP contribution in [-0.4, -0.2) is 15.3 Å². The van der Waals surface area contributed by atoms with Gasteiger partial charge in [-0.25, -0.2) is 0 Å². The van der Waals surface area contributed by atoms with Gasteiger partial charge in [-0.3, -0.25) is 0 Å². The molecule has 3 aromatic carbocycles. The van der Waals surface area contributed by atoms with Crippen LogP contribution >= 0.6 is 0 Å². The molecule has 0 amide bonds. The first-order chi connectivity index (χ1) is 17.2. The first-order valence-electron chi connectivity index (χ1n) is 13.7. The Hall–Kier alpha value is -2.94. The van der Waals surface area contributed by atoms with Crippen LogP contribution in [0.1, 0.15) is 111 Å². The zero-order valence-electron chi connectivity index (χ0n) is 26.0. The van der Waals surface area contributed by atoms with Gasteiger partial charge in [-0.05, 0) is 73.6 Å². The van der Waals surface area contributed by atoms with Gasteiger partial charge in [0.2, 0.25) is 0 Å². The van der Waals surface area contributed by atoms with Crippen LogP contribution in [0.3, 0.4) is 0 Å². The fourth-order valence-corrected chi connectivity index (χ4v) is 5.27. The van der Waals surface area contributed by atoms with E-state index in [1.54, 1.807) is 0 Å². The summed E-state index contributed by atoms with van der Waals surface area (Å²) in [5.41, 5.74) is 9.06. The maximum absolute atomic E-state index is 10.6. The fourth-order valence-electron chi connectivity index (χ4n) is 5.27. The van der Waals surface area contributed by atoms with E-state index in [1.165, 1.54) is 5.56 Å². The number of phenols is 3. The minimum absolute atomic E-state index is 0.0178. The van der Waals surface area contributed by atoms with Crippen molar-refractivity contribution in [2.75, 3.05) is 0 Å². The van der Waals surface area contributed by atoms with Gasteiger partial charge in [0.25, 0.3) is 0 Å². The molecule has 0 radical (unpaired) electrons. The topological polar surface area (TPSA) is 60.7 Å². The Morgan fingerprint density at radius 2 is 0.816 bits per heavy atom. The van der Waals surface area contributed by atoms with Crippen molar-refractivity contribution in [2.24, 2.45) is 5.92 Å². The molecule has 0 aliphatic carbocycles. The van der Waals surface area contributed by atoms with E-state index in [4.69, 9.17) is 0 Å². The van der Waals surface area contributed by atoms with Crippen molar-refractivity contribution in [1.82, 2.24) is 0 Å². The molecule has 0 unspecified atom stereocenters. The molecule has 208 valence electrons. The average Bonchev–Trinajstić information content (AvgIpc) is 2.75. The highest BCUT2D eigenvalue weighted by Gasteiger charge is 2.27. The molecule has 0 aliphatic rings. The third kappa shape index (κ3) is 7.12. The molecule has 0 atom stereocenters. The fraction of sp³-hybridized carbons (Fsp3) is 0.486. The second kappa shape index (κ2) is 11.4.